The highest BCUT2D eigenvalue weighted by Crippen LogP contribution is 2.46. The number of carbonyl (C=O) groups excluding carboxylic acids is 1. The van der Waals surface area contributed by atoms with Gasteiger partial charge in [-0.1, -0.05) is 53.5 Å². The first-order valence-electron chi connectivity index (χ1n) is 14.8. The number of alkyl halides is 1. The van der Waals surface area contributed by atoms with Crippen LogP contribution in [0.1, 0.15) is 68.4 Å². The summed E-state index contributed by atoms with van der Waals surface area (Å²) < 4.78 is 18.4. The van der Waals surface area contributed by atoms with Gasteiger partial charge in [0.1, 0.15) is 5.75 Å². The molecule has 0 bridgehead atoms. The maximum Gasteiger partial charge on any atom is 0.316 e. The maximum absolute atomic E-state index is 12.7. The number of rotatable bonds is 8. The Labute approximate surface area is 268 Å². The summed E-state index contributed by atoms with van der Waals surface area (Å²) in [6.45, 7) is 7.61. The molecule has 2 unspecified atom stereocenters. The zero-order valence-corrected chi connectivity index (χ0v) is 27.2. The van der Waals surface area contributed by atoms with Crippen LogP contribution in [0.4, 0.5) is 4.39 Å². The van der Waals surface area contributed by atoms with Crippen LogP contribution in [-0.2, 0) is 4.79 Å². The monoisotopic (exact) mass is 641 g/mol. The number of allylic oxidation sites excluding steroid dienone is 1. The Morgan fingerprint density at radius 3 is 2.53 bits per heavy atom. The van der Waals surface area contributed by atoms with Crippen LogP contribution in [-0.4, -0.2) is 48.0 Å². The minimum Gasteiger partial charge on any atom is -0.426 e. The summed E-state index contributed by atoms with van der Waals surface area (Å²) in [5.41, 5.74) is 5.41. The Bertz CT molecular complexity index is 1500. The molecule has 1 saturated heterocycles. The number of aliphatic hydroxyl groups is 1. The van der Waals surface area contributed by atoms with Gasteiger partial charge in [0, 0.05) is 39.7 Å². The number of hydrogen-bond acceptors (Lipinski definition) is 5. The third kappa shape index (κ3) is 7.49. The van der Waals surface area contributed by atoms with Crippen molar-refractivity contribution in [1.82, 2.24) is 4.90 Å². The molecule has 2 atom stereocenters. The van der Waals surface area contributed by atoms with Crippen molar-refractivity contribution in [3.63, 3.8) is 0 Å². The fourth-order valence-electron chi connectivity index (χ4n) is 5.76. The number of hydrogen-bond donors (Lipinski definition) is 1. The molecule has 1 N–H and O–H groups in total. The average Bonchev–Trinajstić information content (AvgIpc) is 3.37. The highest BCUT2D eigenvalue weighted by molar-refractivity contribution is 7.99. The molecule has 5 rings (SSSR count). The van der Waals surface area contributed by atoms with Gasteiger partial charge >= 0.3 is 5.97 Å². The second-order valence-electron chi connectivity index (χ2n) is 12.3. The Morgan fingerprint density at radius 2 is 1.84 bits per heavy atom. The van der Waals surface area contributed by atoms with E-state index in [0.29, 0.717) is 22.2 Å². The Balaban J connectivity index is 1.52. The van der Waals surface area contributed by atoms with Crippen molar-refractivity contribution in [1.29, 1.82) is 0 Å². The van der Waals surface area contributed by atoms with Gasteiger partial charge < -0.3 is 14.7 Å². The van der Waals surface area contributed by atoms with E-state index in [1.807, 2.05) is 63.2 Å². The van der Waals surface area contributed by atoms with Crippen LogP contribution in [0.25, 0.3) is 11.1 Å². The molecule has 2 heterocycles. The molecule has 3 aromatic carbocycles. The number of benzene rings is 3. The number of nitrogens with zero attached hydrogens (tertiary/aromatic N) is 1. The van der Waals surface area contributed by atoms with Crippen LogP contribution in [0, 0.1) is 11.3 Å². The summed E-state index contributed by atoms with van der Waals surface area (Å²) in [6.07, 6.45) is 1.62. The van der Waals surface area contributed by atoms with Crippen molar-refractivity contribution < 1.29 is 19.0 Å². The quantitative estimate of drug-likeness (QED) is 0.196. The molecule has 0 aromatic heterocycles. The number of likely N-dealkylation sites (tertiary alicyclic amines) is 1. The second kappa shape index (κ2) is 13.7. The highest BCUT2D eigenvalue weighted by atomic mass is 35.5. The van der Waals surface area contributed by atoms with Crippen molar-refractivity contribution in [2.24, 2.45) is 11.3 Å². The molecule has 2 aliphatic heterocycles. The van der Waals surface area contributed by atoms with Gasteiger partial charge in [0.2, 0.25) is 0 Å². The van der Waals surface area contributed by atoms with Gasteiger partial charge in [-0.25, -0.2) is 0 Å². The van der Waals surface area contributed by atoms with E-state index in [9.17, 15) is 14.3 Å². The van der Waals surface area contributed by atoms with Crippen LogP contribution in [0.3, 0.4) is 0 Å². The Hall–Kier alpha value is -2.35. The molecule has 2 aliphatic rings. The second-order valence-corrected chi connectivity index (χ2v) is 14.3. The summed E-state index contributed by atoms with van der Waals surface area (Å²) in [6, 6.07) is 19.6. The first kappa shape index (κ1) is 32.1. The lowest BCUT2D eigenvalue weighted by atomic mass is 9.87. The summed E-state index contributed by atoms with van der Waals surface area (Å²) in [4.78, 5) is 15.9. The smallest absolute Gasteiger partial charge is 0.316 e. The van der Waals surface area contributed by atoms with Crippen LogP contribution in [0.15, 0.2) is 65.6 Å². The van der Waals surface area contributed by atoms with Crippen molar-refractivity contribution >= 4 is 52.1 Å². The van der Waals surface area contributed by atoms with E-state index in [2.05, 4.69) is 17.0 Å². The van der Waals surface area contributed by atoms with E-state index < -0.39 is 11.5 Å². The van der Waals surface area contributed by atoms with E-state index in [0.717, 1.165) is 76.5 Å². The minimum absolute atomic E-state index is 0.123. The lowest BCUT2D eigenvalue weighted by molar-refractivity contribution is -0.143. The van der Waals surface area contributed by atoms with E-state index in [1.165, 1.54) is 0 Å². The van der Waals surface area contributed by atoms with Crippen molar-refractivity contribution in [3.8, 4) is 5.75 Å². The number of halogens is 3. The topological polar surface area (TPSA) is 49.8 Å². The number of carbonyl (C=O) groups is 1. The Morgan fingerprint density at radius 1 is 1.09 bits per heavy atom. The normalized spacial score (nSPS) is 18.3. The Kier molecular flexibility index (Phi) is 10.2. The van der Waals surface area contributed by atoms with E-state index in [4.69, 9.17) is 27.9 Å². The van der Waals surface area contributed by atoms with E-state index >= 15 is 0 Å². The highest BCUT2D eigenvalue weighted by Gasteiger charge is 2.30. The SMILES string of the molecule is CC(C)(C)C(=O)Oc1ccc2c(c1)SCCC(c1ccc(Cl)cc1Cl)=C2c1ccc(C(O)C2CCN(CCCF)C2)cc1. The number of fused-ring (bicyclic) bond motifs is 1. The van der Waals surface area contributed by atoms with Crippen LogP contribution in [0.5, 0.6) is 5.75 Å². The van der Waals surface area contributed by atoms with Gasteiger partial charge in [0.25, 0.3) is 0 Å². The van der Waals surface area contributed by atoms with Gasteiger partial charge in [0.05, 0.1) is 18.2 Å². The molecule has 0 spiro atoms. The molecular formula is C35H38Cl2FNO3S. The first-order valence-corrected chi connectivity index (χ1v) is 16.5. The number of esters is 1. The van der Waals surface area contributed by atoms with Gasteiger partial charge in [-0.05, 0) is 110 Å². The predicted molar refractivity (Wildman–Crippen MR) is 176 cm³/mol. The summed E-state index contributed by atoms with van der Waals surface area (Å²) in [7, 11) is 0. The summed E-state index contributed by atoms with van der Waals surface area (Å²) in [5.74, 6) is 1.18. The molecule has 0 saturated carbocycles. The summed E-state index contributed by atoms with van der Waals surface area (Å²) >= 11 is 14.7. The zero-order valence-electron chi connectivity index (χ0n) is 24.8. The largest absolute Gasteiger partial charge is 0.426 e. The molecular weight excluding hydrogens is 604 g/mol. The molecule has 8 heteroatoms. The minimum atomic E-state index is -0.610. The third-order valence-electron chi connectivity index (χ3n) is 8.12. The van der Waals surface area contributed by atoms with Crippen LogP contribution in [0.2, 0.25) is 10.0 Å². The predicted octanol–water partition coefficient (Wildman–Crippen LogP) is 9.11. The first-order chi connectivity index (χ1) is 20.5. The van der Waals surface area contributed by atoms with E-state index in [-0.39, 0.29) is 18.6 Å². The van der Waals surface area contributed by atoms with Gasteiger partial charge in [-0.15, -0.1) is 11.8 Å². The lowest BCUT2D eigenvalue weighted by Gasteiger charge is -2.21. The molecule has 0 radical (unpaired) electrons. The van der Waals surface area contributed by atoms with Crippen molar-refractivity contribution in [3.05, 3.63) is 93.0 Å². The zero-order chi connectivity index (χ0) is 30.7. The summed E-state index contributed by atoms with van der Waals surface area (Å²) in [5, 5.41) is 12.4. The van der Waals surface area contributed by atoms with Crippen molar-refractivity contribution in [2.45, 2.75) is 51.0 Å². The molecule has 228 valence electrons. The standard InChI is InChI=1S/C35H38Cl2FNO3S/c1-35(2,3)34(41)42-26-10-12-29-31(20-26)43-18-14-28(27-11-9-25(36)19-30(27)37)32(29)22-5-7-23(8-6-22)33(40)24-13-17-39(21-24)16-4-15-38/h5-12,19-20,24,33,40H,4,13-18,21H2,1-3H3. The molecule has 3 aromatic rings. The van der Waals surface area contributed by atoms with Crippen LogP contribution < -0.4 is 4.74 Å². The van der Waals surface area contributed by atoms with E-state index in [1.54, 1.807) is 17.8 Å². The fraction of sp³-hybridized carbons (Fsp3) is 0.400. The molecule has 0 aliphatic carbocycles. The molecule has 43 heavy (non-hydrogen) atoms. The van der Waals surface area contributed by atoms with Gasteiger partial charge in [-0.3, -0.25) is 9.18 Å². The average molecular weight is 643 g/mol. The fourth-order valence-corrected chi connectivity index (χ4v) is 7.34. The molecule has 1 fully saturated rings. The number of aliphatic hydroxyl groups excluding tert-OH is 1. The number of thioether (sulfide) groups is 1. The molecule has 0 amide bonds. The lowest BCUT2D eigenvalue weighted by Crippen LogP contribution is -2.25. The van der Waals surface area contributed by atoms with Crippen LogP contribution >= 0.6 is 35.0 Å². The molecule has 4 nitrogen and oxygen atoms in total. The number of ether oxygens (including phenoxy) is 1. The van der Waals surface area contributed by atoms with Gasteiger partial charge in [-0.2, -0.15) is 0 Å². The van der Waals surface area contributed by atoms with Gasteiger partial charge in [0.15, 0.2) is 0 Å². The van der Waals surface area contributed by atoms with Crippen molar-refractivity contribution in [2.75, 3.05) is 32.1 Å². The third-order valence-corrected chi connectivity index (χ3v) is 9.72. The maximum atomic E-state index is 12.7.